The highest BCUT2D eigenvalue weighted by Crippen LogP contribution is 2.25. The van der Waals surface area contributed by atoms with Gasteiger partial charge in [-0.05, 0) is 43.2 Å². The zero-order valence-electron chi connectivity index (χ0n) is 14.3. The highest BCUT2D eigenvalue weighted by atomic mass is 32.2. The average Bonchev–Trinajstić information content (AvgIpc) is 3.17. The molecule has 0 spiro atoms. The van der Waals surface area contributed by atoms with E-state index in [2.05, 4.69) is 5.32 Å². The van der Waals surface area contributed by atoms with Crippen LogP contribution in [0.15, 0.2) is 52.3 Å². The highest BCUT2D eigenvalue weighted by Gasteiger charge is 2.27. The fourth-order valence-electron chi connectivity index (χ4n) is 2.74. The van der Waals surface area contributed by atoms with Gasteiger partial charge >= 0.3 is 0 Å². The summed E-state index contributed by atoms with van der Waals surface area (Å²) in [6.07, 6.45) is 1.68. The smallest absolute Gasteiger partial charge is 0.243 e. The number of carbonyl (C=O) groups is 1. The summed E-state index contributed by atoms with van der Waals surface area (Å²) < 4.78 is 53.1. The van der Waals surface area contributed by atoms with Crippen molar-refractivity contribution in [3.05, 3.63) is 54.1 Å². The first-order valence-electron chi connectivity index (χ1n) is 8.34. The first-order chi connectivity index (χ1) is 12.9. The predicted molar refractivity (Wildman–Crippen MR) is 100 cm³/mol. The predicted octanol–water partition coefficient (Wildman–Crippen LogP) is 3.48. The van der Waals surface area contributed by atoms with Gasteiger partial charge in [-0.1, -0.05) is 6.07 Å². The van der Waals surface area contributed by atoms with Gasteiger partial charge in [0, 0.05) is 29.7 Å². The summed E-state index contributed by atoms with van der Waals surface area (Å²) in [5, 5.41) is 2.61. The van der Waals surface area contributed by atoms with E-state index in [1.165, 1.54) is 22.5 Å². The number of nitrogens with one attached hydrogen (secondary N) is 1. The summed E-state index contributed by atoms with van der Waals surface area (Å²) in [6, 6.07) is 9.20. The maximum atomic E-state index is 13.6. The number of hydrogen-bond donors (Lipinski definition) is 1. The van der Waals surface area contributed by atoms with E-state index in [1.54, 1.807) is 12.1 Å². The molecular formula is C18H18F2N2O3S2. The van der Waals surface area contributed by atoms with Gasteiger partial charge in [0.1, 0.15) is 11.6 Å². The number of amides is 1. The van der Waals surface area contributed by atoms with Gasteiger partial charge in [0.05, 0.1) is 10.6 Å². The van der Waals surface area contributed by atoms with Crippen LogP contribution in [-0.2, 0) is 14.8 Å². The molecule has 1 saturated heterocycles. The monoisotopic (exact) mass is 412 g/mol. The molecular weight excluding hydrogens is 394 g/mol. The number of hydrogen-bond acceptors (Lipinski definition) is 4. The molecule has 2 aromatic carbocycles. The molecule has 0 aliphatic carbocycles. The van der Waals surface area contributed by atoms with Crippen molar-refractivity contribution in [1.82, 2.24) is 4.31 Å². The van der Waals surface area contributed by atoms with Crippen LogP contribution in [0.3, 0.4) is 0 Å². The molecule has 1 heterocycles. The molecule has 0 atom stereocenters. The Morgan fingerprint density at radius 2 is 1.85 bits per heavy atom. The number of sulfonamides is 1. The molecule has 1 N–H and O–H groups in total. The van der Waals surface area contributed by atoms with E-state index in [0.717, 1.165) is 36.7 Å². The van der Waals surface area contributed by atoms with Crippen LogP contribution in [0.5, 0.6) is 0 Å². The SMILES string of the molecule is O=C(CSc1ccc(F)cc1F)Nc1cccc(S(=O)(=O)N2CCCC2)c1. The van der Waals surface area contributed by atoms with Crippen molar-refractivity contribution in [3.8, 4) is 0 Å². The van der Waals surface area contributed by atoms with E-state index < -0.39 is 27.6 Å². The molecule has 9 heteroatoms. The minimum Gasteiger partial charge on any atom is -0.325 e. The van der Waals surface area contributed by atoms with Crippen molar-refractivity contribution in [2.24, 2.45) is 0 Å². The summed E-state index contributed by atoms with van der Waals surface area (Å²) >= 11 is 0.933. The summed E-state index contributed by atoms with van der Waals surface area (Å²) in [5.41, 5.74) is 0.348. The minimum absolute atomic E-state index is 0.0916. The van der Waals surface area contributed by atoms with Gasteiger partial charge in [0.15, 0.2) is 0 Å². The van der Waals surface area contributed by atoms with Gasteiger partial charge in [-0.3, -0.25) is 4.79 Å². The molecule has 5 nitrogen and oxygen atoms in total. The van der Waals surface area contributed by atoms with E-state index >= 15 is 0 Å². The number of halogens is 2. The lowest BCUT2D eigenvalue weighted by Gasteiger charge is -2.16. The number of benzene rings is 2. The van der Waals surface area contributed by atoms with Crippen LogP contribution in [0, 0.1) is 11.6 Å². The van der Waals surface area contributed by atoms with Crippen LogP contribution in [0.4, 0.5) is 14.5 Å². The lowest BCUT2D eigenvalue weighted by molar-refractivity contribution is -0.113. The summed E-state index contributed by atoms with van der Waals surface area (Å²) in [7, 11) is -3.57. The molecule has 0 bridgehead atoms. The largest absolute Gasteiger partial charge is 0.325 e. The second-order valence-electron chi connectivity index (χ2n) is 6.05. The topological polar surface area (TPSA) is 66.5 Å². The van der Waals surface area contributed by atoms with Crippen molar-refractivity contribution in [1.29, 1.82) is 0 Å². The van der Waals surface area contributed by atoms with Crippen molar-refractivity contribution in [2.45, 2.75) is 22.6 Å². The number of nitrogens with zero attached hydrogens (tertiary/aromatic N) is 1. The van der Waals surface area contributed by atoms with Gasteiger partial charge in [-0.25, -0.2) is 17.2 Å². The highest BCUT2D eigenvalue weighted by molar-refractivity contribution is 8.00. The van der Waals surface area contributed by atoms with Crippen LogP contribution in [0.1, 0.15) is 12.8 Å². The number of carbonyl (C=O) groups excluding carboxylic acids is 1. The summed E-state index contributed by atoms with van der Waals surface area (Å²) in [4.78, 5) is 12.4. The quantitative estimate of drug-likeness (QED) is 0.738. The lowest BCUT2D eigenvalue weighted by atomic mass is 10.3. The molecule has 1 aliphatic heterocycles. The van der Waals surface area contributed by atoms with E-state index in [-0.39, 0.29) is 15.5 Å². The zero-order chi connectivity index (χ0) is 19.4. The van der Waals surface area contributed by atoms with Crippen LogP contribution >= 0.6 is 11.8 Å². The Bertz CT molecular complexity index is 945. The molecule has 1 amide bonds. The first kappa shape index (κ1) is 19.8. The Labute approximate surface area is 160 Å². The average molecular weight is 412 g/mol. The van der Waals surface area contributed by atoms with E-state index in [4.69, 9.17) is 0 Å². The zero-order valence-corrected chi connectivity index (χ0v) is 16.0. The molecule has 1 fully saturated rings. The van der Waals surface area contributed by atoms with Gasteiger partial charge in [-0.15, -0.1) is 11.8 Å². The van der Waals surface area contributed by atoms with E-state index in [9.17, 15) is 22.0 Å². The van der Waals surface area contributed by atoms with Crippen molar-refractivity contribution < 1.29 is 22.0 Å². The molecule has 2 aromatic rings. The van der Waals surface area contributed by atoms with Crippen molar-refractivity contribution >= 4 is 33.4 Å². The number of thioether (sulfide) groups is 1. The fourth-order valence-corrected chi connectivity index (χ4v) is 5.03. The van der Waals surface area contributed by atoms with Gasteiger partial charge in [-0.2, -0.15) is 4.31 Å². The second kappa shape index (κ2) is 8.37. The molecule has 0 unspecified atom stereocenters. The second-order valence-corrected chi connectivity index (χ2v) is 9.01. The van der Waals surface area contributed by atoms with Crippen LogP contribution in [0.25, 0.3) is 0 Å². The molecule has 3 rings (SSSR count). The van der Waals surface area contributed by atoms with Gasteiger partial charge in [0.25, 0.3) is 0 Å². The molecule has 27 heavy (non-hydrogen) atoms. The molecule has 0 saturated carbocycles. The number of rotatable bonds is 6. The van der Waals surface area contributed by atoms with E-state index in [1.807, 2.05) is 0 Å². The maximum Gasteiger partial charge on any atom is 0.243 e. The third kappa shape index (κ3) is 4.85. The molecule has 1 aliphatic rings. The Morgan fingerprint density at radius 3 is 2.56 bits per heavy atom. The van der Waals surface area contributed by atoms with Crippen molar-refractivity contribution in [3.63, 3.8) is 0 Å². The Balaban J connectivity index is 1.64. The van der Waals surface area contributed by atoms with Crippen LogP contribution < -0.4 is 5.32 Å². The maximum absolute atomic E-state index is 13.6. The number of anilines is 1. The Kier molecular flexibility index (Phi) is 6.13. The summed E-state index contributed by atoms with van der Waals surface area (Å²) in [6.45, 7) is 0.998. The standard InChI is InChI=1S/C18H18F2N2O3S2/c19-13-6-7-17(16(20)10-13)26-12-18(23)21-14-4-3-5-15(11-14)27(24,25)22-8-1-2-9-22/h3-7,10-11H,1-2,8-9,12H2,(H,21,23). The van der Waals surface area contributed by atoms with Crippen LogP contribution in [0.2, 0.25) is 0 Å². The molecule has 0 aromatic heterocycles. The molecule has 144 valence electrons. The normalized spacial score (nSPS) is 15.0. The van der Waals surface area contributed by atoms with Crippen molar-refractivity contribution in [2.75, 3.05) is 24.2 Å². The van der Waals surface area contributed by atoms with E-state index in [0.29, 0.717) is 18.8 Å². The third-order valence-corrected chi connectivity index (χ3v) is 7.02. The van der Waals surface area contributed by atoms with Crippen LogP contribution in [-0.4, -0.2) is 37.5 Å². The van der Waals surface area contributed by atoms with Gasteiger partial charge < -0.3 is 5.32 Å². The molecule has 0 radical (unpaired) electrons. The Morgan fingerprint density at radius 1 is 1.11 bits per heavy atom. The fraction of sp³-hybridized carbons (Fsp3) is 0.278. The summed E-state index contributed by atoms with van der Waals surface area (Å²) in [5.74, 6) is -1.92. The lowest BCUT2D eigenvalue weighted by Crippen LogP contribution is -2.28. The third-order valence-electron chi connectivity index (χ3n) is 4.07. The Hall–Kier alpha value is -1.97. The van der Waals surface area contributed by atoms with Gasteiger partial charge in [0.2, 0.25) is 15.9 Å². The first-order valence-corrected chi connectivity index (χ1v) is 10.8. The minimum atomic E-state index is -3.57.